The molecule has 0 atom stereocenters. The van der Waals surface area contributed by atoms with Gasteiger partial charge in [-0.3, -0.25) is 0 Å². The molecule has 0 N–H and O–H groups in total. The molecule has 1 aromatic carbocycles. The van der Waals surface area contributed by atoms with Crippen LogP contribution in [0.15, 0.2) is 36.5 Å². The van der Waals surface area contributed by atoms with Gasteiger partial charge in [-0.15, -0.1) is 0 Å². The summed E-state index contributed by atoms with van der Waals surface area (Å²) >= 11 is 0. The summed E-state index contributed by atoms with van der Waals surface area (Å²) in [7, 11) is 2.04. The average Bonchev–Trinajstić information content (AvgIpc) is 2.39. The van der Waals surface area contributed by atoms with Crippen LogP contribution in [0, 0.1) is 0 Å². The number of pyridine rings is 1. The SMILES string of the molecule is CCOC(OCC)c1ccc2ccc[n+](C)c2c1. The predicted octanol–water partition coefficient (Wildman–Crippen LogP) is 2.74. The van der Waals surface area contributed by atoms with Crippen LogP contribution in [0.25, 0.3) is 10.9 Å². The quantitative estimate of drug-likeness (QED) is 0.598. The van der Waals surface area contributed by atoms with E-state index in [1.807, 2.05) is 33.2 Å². The molecule has 3 heteroatoms. The van der Waals surface area contributed by atoms with Gasteiger partial charge in [0, 0.05) is 36.3 Å². The van der Waals surface area contributed by atoms with E-state index in [1.165, 1.54) is 10.9 Å². The Balaban J connectivity index is 2.41. The largest absolute Gasteiger partial charge is 0.349 e. The van der Waals surface area contributed by atoms with Gasteiger partial charge in [-0.1, -0.05) is 6.07 Å². The van der Waals surface area contributed by atoms with Crippen LogP contribution in [0.4, 0.5) is 0 Å². The second-order valence-electron chi connectivity index (χ2n) is 4.18. The van der Waals surface area contributed by atoms with E-state index in [0.717, 1.165) is 5.56 Å². The van der Waals surface area contributed by atoms with Crippen LogP contribution in [0.3, 0.4) is 0 Å². The molecule has 0 radical (unpaired) electrons. The Kier molecular flexibility index (Phi) is 4.28. The Labute approximate surface area is 108 Å². The first-order chi connectivity index (χ1) is 8.76. The first kappa shape index (κ1) is 13.0. The highest BCUT2D eigenvalue weighted by Gasteiger charge is 2.14. The number of fused-ring (bicyclic) bond motifs is 1. The lowest BCUT2D eigenvalue weighted by atomic mass is 10.1. The van der Waals surface area contributed by atoms with Crippen molar-refractivity contribution in [1.82, 2.24) is 0 Å². The van der Waals surface area contributed by atoms with E-state index in [0.29, 0.717) is 13.2 Å². The van der Waals surface area contributed by atoms with Crippen molar-refractivity contribution in [3.63, 3.8) is 0 Å². The van der Waals surface area contributed by atoms with Crippen molar-refractivity contribution in [2.45, 2.75) is 20.1 Å². The molecule has 1 heterocycles. The zero-order chi connectivity index (χ0) is 13.0. The number of benzene rings is 1. The highest BCUT2D eigenvalue weighted by Crippen LogP contribution is 2.22. The van der Waals surface area contributed by atoms with E-state index in [-0.39, 0.29) is 6.29 Å². The van der Waals surface area contributed by atoms with Gasteiger partial charge in [-0.25, -0.2) is 4.57 Å². The molecule has 0 amide bonds. The Morgan fingerprint density at radius 1 is 1.11 bits per heavy atom. The fourth-order valence-electron chi connectivity index (χ4n) is 2.05. The molecule has 0 spiro atoms. The summed E-state index contributed by atoms with van der Waals surface area (Å²) in [5, 5.41) is 1.22. The summed E-state index contributed by atoms with van der Waals surface area (Å²) in [5.74, 6) is 0. The third kappa shape index (κ3) is 2.68. The van der Waals surface area contributed by atoms with Crippen LogP contribution in [0.1, 0.15) is 25.7 Å². The maximum absolute atomic E-state index is 5.63. The van der Waals surface area contributed by atoms with Crippen molar-refractivity contribution < 1.29 is 14.0 Å². The summed E-state index contributed by atoms with van der Waals surface area (Å²) < 4.78 is 13.4. The molecule has 0 aliphatic rings. The minimum atomic E-state index is -0.274. The van der Waals surface area contributed by atoms with Crippen LogP contribution in [-0.4, -0.2) is 13.2 Å². The maximum atomic E-state index is 5.63. The monoisotopic (exact) mass is 246 g/mol. The van der Waals surface area contributed by atoms with Gasteiger partial charge >= 0.3 is 0 Å². The third-order valence-electron chi connectivity index (χ3n) is 2.93. The lowest BCUT2D eigenvalue weighted by Gasteiger charge is -2.17. The maximum Gasteiger partial charge on any atom is 0.212 e. The topological polar surface area (TPSA) is 22.3 Å². The Morgan fingerprint density at radius 3 is 2.50 bits per heavy atom. The lowest BCUT2D eigenvalue weighted by molar-refractivity contribution is -0.644. The van der Waals surface area contributed by atoms with Crippen LogP contribution >= 0.6 is 0 Å². The second-order valence-corrected chi connectivity index (χ2v) is 4.18. The van der Waals surface area contributed by atoms with Crippen LogP contribution in [0.2, 0.25) is 0 Å². The number of rotatable bonds is 5. The molecular weight excluding hydrogens is 226 g/mol. The summed E-state index contributed by atoms with van der Waals surface area (Å²) in [6, 6.07) is 10.5. The molecule has 96 valence electrons. The molecule has 0 fully saturated rings. The molecule has 0 saturated heterocycles. The first-order valence-electron chi connectivity index (χ1n) is 6.37. The number of nitrogens with zero attached hydrogens (tertiary/aromatic N) is 1. The van der Waals surface area contributed by atoms with Crippen molar-refractivity contribution in [1.29, 1.82) is 0 Å². The van der Waals surface area contributed by atoms with Gasteiger partial charge in [0.15, 0.2) is 12.5 Å². The van der Waals surface area contributed by atoms with Gasteiger partial charge < -0.3 is 9.47 Å². The Hall–Kier alpha value is -1.45. The highest BCUT2D eigenvalue weighted by atomic mass is 16.7. The van der Waals surface area contributed by atoms with Gasteiger partial charge in [-0.05, 0) is 26.0 Å². The molecule has 18 heavy (non-hydrogen) atoms. The number of aromatic nitrogens is 1. The smallest absolute Gasteiger partial charge is 0.212 e. The molecule has 0 saturated carbocycles. The van der Waals surface area contributed by atoms with Gasteiger partial charge in [0.25, 0.3) is 0 Å². The van der Waals surface area contributed by atoms with Gasteiger partial charge in [0.1, 0.15) is 7.05 Å². The summed E-state index contributed by atoms with van der Waals surface area (Å²) in [6.07, 6.45) is 1.77. The van der Waals surface area contributed by atoms with Crippen LogP contribution in [0.5, 0.6) is 0 Å². The number of ether oxygens (including phenoxy) is 2. The van der Waals surface area contributed by atoms with Gasteiger partial charge in [-0.2, -0.15) is 0 Å². The number of hydrogen-bond donors (Lipinski definition) is 0. The fraction of sp³-hybridized carbons (Fsp3) is 0.400. The van der Waals surface area contributed by atoms with Crippen LogP contribution in [-0.2, 0) is 16.5 Å². The summed E-state index contributed by atoms with van der Waals surface area (Å²) in [4.78, 5) is 0. The summed E-state index contributed by atoms with van der Waals surface area (Å²) in [5.41, 5.74) is 2.24. The first-order valence-corrected chi connectivity index (χ1v) is 6.37. The van der Waals surface area contributed by atoms with E-state index in [4.69, 9.17) is 9.47 Å². The van der Waals surface area contributed by atoms with Crippen molar-refractivity contribution in [2.75, 3.05) is 13.2 Å². The number of aryl methyl sites for hydroxylation is 1. The zero-order valence-corrected chi connectivity index (χ0v) is 11.2. The highest BCUT2D eigenvalue weighted by molar-refractivity contribution is 5.76. The van der Waals surface area contributed by atoms with E-state index >= 15 is 0 Å². The van der Waals surface area contributed by atoms with E-state index in [1.54, 1.807) is 0 Å². The zero-order valence-electron chi connectivity index (χ0n) is 11.2. The fourth-order valence-corrected chi connectivity index (χ4v) is 2.05. The molecule has 3 nitrogen and oxygen atoms in total. The lowest BCUT2D eigenvalue weighted by Crippen LogP contribution is -2.28. The van der Waals surface area contributed by atoms with Gasteiger partial charge in [0.05, 0.1) is 0 Å². The van der Waals surface area contributed by atoms with E-state index in [2.05, 4.69) is 28.8 Å². The Morgan fingerprint density at radius 2 is 1.83 bits per heavy atom. The van der Waals surface area contributed by atoms with E-state index < -0.39 is 0 Å². The molecule has 0 aliphatic heterocycles. The minimum Gasteiger partial charge on any atom is -0.349 e. The predicted molar refractivity (Wildman–Crippen MR) is 71.1 cm³/mol. The molecular formula is C15H20NO2+. The van der Waals surface area contributed by atoms with Crippen molar-refractivity contribution in [3.8, 4) is 0 Å². The molecule has 2 aromatic rings. The second kappa shape index (κ2) is 5.94. The van der Waals surface area contributed by atoms with Gasteiger partial charge in [0.2, 0.25) is 5.52 Å². The summed E-state index contributed by atoms with van der Waals surface area (Å²) in [6.45, 7) is 5.24. The Bertz CT molecular complexity index is 519. The van der Waals surface area contributed by atoms with E-state index in [9.17, 15) is 0 Å². The molecule has 1 aromatic heterocycles. The van der Waals surface area contributed by atoms with Crippen molar-refractivity contribution in [2.24, 2.45) is 7.05 Å². The normalized spacial score (nSPS) is 11.3. The molecule has 0 aliphatic carbocycles. The van der Waals surface area contributed by atoms with Crippen molar-refractivity contribution in [3.05, 3.63) is 42.1 Å². The minimum absolute atomic E-state index is 0.274. The third-order valence-corrected chi connectivity index (χ3v) is 2.93. The molecule has 0 unspecified atom stereocenters. The molecule has 0 bridgehead atoms. The average molecular weight is 246 g/mol. The number of hydrogen-bond acceptors (Lipinski definition) is 2. The van der Waals surface area contributed by atoms with Crippen LogP contribution < -0.4 is 4.57 Å². The van der Waals surface area contributed by atoms with Crippen molar-refractivity contribution >= 4 is 10.9 Å². The standard InChI is InChI=1S/C15H20NO2/c1-4-17-15(18-5-2)13-9-8-12-7-6-10-16(3)14(12)11-13/h6-11,15H,4-5H2,1-3H3/q+1. The molecule has 2 rings (SSSR count).